The summed E-state index contributed by atoms with van der Waals surface area (Å²) in [5.74, 6) is 0.645. The molecule has 1 saturated carbocycles. The van der Waals surface area contributed by atoms with E-state index in [-0.39, 0.29) is 17.5 Å². The van der Waals surface area contributed by atoms with Crippen LogP contribution in [0.2, 0.25) is 0 Å². The van der Waals surface area contributed by atoms with Gasteiger partial charge in [0.05, 0.1) is 17.7 Å². The number of benzene rings is 1. The third-order valence-corrected chi connectivity index (χ3v) is 5.80. The molecule has 1 aliphatic rings. The number of anilines is 1. The predicted molar refractivity (Wildman–Crippen MR) is 80.1 cm³/mol. The summed E-state index contributed by atoms with van der Waals surface area (Å²) in [4.78, 5) is 0.279. The van der Waals surface area contributed by atoms with Crippen LogP contribution in [0.15, 0.2) is 45.9 Å². The molecule has 0 unspecified atom stereocenters. The lowest BCUT2D eigenvalue weighted by atomic mass is 10.2. The van der Waals surface area contributed by atoms with Crippen LogP contribution in [0.5, 0.6) is 0 Å². The summed E-state index contributed by atoms with van der Waals surface area (Å²) >= 11 is 0. The highest BCUT2D eigenvalue weighted by Gasteiger charge is 2.39. The van der Waals surface area contributed by atoms with Crippen molar-refractivity contribution in [3.05, 3.63) is 47.9 Å². The van der Waals surface area contributed by atoms with E-state index in [0.717, 1.165) is 12.8 Å². The van der Waals surface area contributed by atoms with Crippen LogP contribution in [0, 0.1) is 6.92 Å². The smallest absolute Gasteiger partial charge is 0.244 e. The molecule has 112 valence electrons. The zero-order chi connectivity index (χ0) is 15.0. The van der Waals surface area contributed by atoms with Crippen molar-refractivity contribution in [2.75, 3.05) is 5.73 Å². The molecule has 3 rings (SSSR count). The highest BCUT2D eigenvalue weighted by molar-refractivity contribution is 7.89. The van der Waals surface area contributed by atoms with Crippen molar-refractivity contribution in [3.8, 4) is 0 Å². The summed E-state index contributed by atoms with van der Waals surface area (Å²) in [6.07, 6.45) is 3.33. The first-order valence-electron chi connectivity index (χ1n) is 6.89. The molecule has 5 nitrogen and oxygen atoms in total. The monoisotopic (exact) mass is 306 g/mol. The van der Waals surface area contributed by atoms with Crippen LogP contribution in [0.25, 0.3) is 0 Å². The lowest BCUT2D eigenvalue weighted by Crippen LogP contribution is -2.33. The van der Waals surface area contributed by atoms with Crippen LogP contribution in [0.3, 0.4) is 0 Å². The topological polar surface area (TPSA) is 76.5 Å². The van der Waals surface area contributed by atoms with Gasteiger partial charge in [0.1, 0.15) is 5.76 Å². The van der Waals surface area contributed by atoms with Gasteiger partial charge in [0.15, 0.2) is 0 Å². The third kappa shape index (κ3) is 2.69. The lowest BCUT2D eigenvalue weighted by Gasteiger charge is -2.22. The van der Waals surface area contributed by atoms with Gasteiger partial charge in [0.2, 0.25) is 10.0 Å². The molecule has 0 atom stereocenters. The molecular formula is C15H18N2O3S. The van der Waals surface area contributed by atoms with Gasteiger partial charge in [-0.15, -0.1) is 0 Å². The average molecular weight is 306 g/mol. The first kappa shape index (κ1) is 14.2. The molecule has 2 aromatic rings. The highest BCUT2D eigenvalue weighted by Crippen LogP contribution is 2.35. The molecule has 1 aliphatic carbocycles. The van der Waals surface area contributed by atoms with Crippen LogP contribution in [-0.2, 0) is 16.6 Å². The first-order chi connectivity index (χ1) is 10.00. The van der Waals surface area contributed by atoms with Crippen molar-refractivity contribution < 1.29 is 12.8 Å². The quantitative estimate of drug-likeness (QED) is 0.861. The normalized spacial score (nSPS) is 15.5. The van der Waals surface area contributed by atoms with Crippen molar-refractivity contribution in [1.82, 2.24) is 4.31 Å². The lowest BCUT2D eigenvalue weighted by molar-refractivity contribution is 0.356. The number of sulfonamides is 1. The fraction of sp³-hybridized carbons (Fsp3) is 0.333. The van der Waals surface area contributed by atoms with Crippen LogP contribution in [-0.4, -0.2) is 18.8 Å². The fourth-order valence-electron chi connectivity index (χ4n) is 2.37. The molecule has 1 aromatic heterocycles. The number of furan rings is 1. The van der Waals surface area contributed by atoms with Gasteiger partial charge in [0, 0.05) is 11.7 Å². The predicted octanol–water partition coefficient (Wildman–Crippen LogP) is 2.52. The maximum Gasteiger partial charge on any atom is 0.244 e. The first-order valence-corrected chi connectivity index (χ1v) is 8.33. The standard InChI is InChI=1S/C15H18N2O3S/c1-11-14(16)5-2-6-15(11)21(18,19)17(12-7-8-12)10-13-4-3-9-20-13/h2-6,9,12H,7-8,10,16H2,1H3. The summed E-state index contributed by atoms with van der Waals surface area (Å²) in [7, 11) is -3.57. The molecule has 2 N–H and O–H groups in total. The van der Waals surface area contributed by atoms with Crippen LogP contribution in [0.1, 0.15) is 24.2 Å². The Morgan fingerprint density at radius 1 is 1.29 bits per heavy atom. The van der Waals surface area contributed by atoms with E-state index in [2.05, 4.69) is 0 Å². The van der Waals surface area contributed by atoms with Gasteiger partial charge >= 0.3 is 0 Å². The Labute approximate surface area is 124 Å². The maximum absolute atomic E-state index is 12.9. The molecule has 0 bridgehead atoms. The Morgan fingerprint density at radius 2 is 2.05 bits per heavy atom. The highest BCUT2D eigenvalue weighted by atomic mass is 32.2. The summed E-state index contributed by atoms with van der Waals surface area (Å²) in [6, 6.07) is 8.60. The van der Waals surface area contributed by atoms with E-state index in [0.29, 0.717) is 17.0 Å². The van der Waals surface area contributed by atoms with Crippen LogP contribution < -0.4 is 5.73 Å². The summed E-state index contributed by atoms with van der Waals surface area (Å²) in [6.45, 7) is 1.99. The minimum atomic E-state index is -3.57. The summed E-state index contributed by atoms with van der Waals surface area (Å²) in [5.41, 5.74) is 6.93. The number of nitrogens with zero attached hydrogens (tertiary/aromatic N) is 1. The summed E-state index contributed by atoms with van der Waals surface area (Å²) in [5, 5.41) is 0. The minimum absolute atomic E-state index is 0.0564. The Kier molecular flexibility index (Phi) is 3.51. The fourth-order valence-corrected chi connectivity index (χ4v) is 4.27. The largest absolute Gasteiger partial charge is 0.468 e. The number of hydrogen-bond acceptors (Lipinski definition) is 4. The Balaban J connectivity index is 1.99. The third-order valence-electron chi connectivity index (χ3n) is 3.76. The van der Waals surface area contributed by atoms with E-state index in [4.69, 9.17) is 10.2 Å². The van der Waals surface area contributed by atoms with Gasteiger partial charge < -0.3 is 10.2 Å². The van der Waals surface area contributed by atoms with Crippen molar-refractivity contribution in [2.24, 2.45) is 0 Å². The van der Waals surface area contributed by atoms with Gasteiger partial charge in [-0.3, -0.25) is 0 Å². The zero-order valence-electron chi connectivity index (χ0n) is 11.8. The summed E-state index contributed by atoms with van der Waals surface area (Å²) < 4.78 is 32.7. The van der Waals surface area contributed by atoms with E-state index < -0.39 is 10.0 Å². The van der Waals surface area contributed by atoms with E-state index in [1.54, 1.807) is 43.5 Å². The Hall–Kier alpha value is -1.79. The van der Waals surface area contributed by atoms with E-state index in [1.807, 2.05) is 0 Å². The second kappa shape index (κ2) is 5.20. The number of nitrogens with two attached hydrogens (primary N) is 1. The molecule has 1 heterocycles. The van der Waals surface area contributed by atoms with Gasteiger partial charge in [-0.2, -0.15) is 4.31 Å². The van der Waals surface area contributed by atoms with Crippen molar-refractivity contribution in [2.45, 2.75) is 37.2 Å². The molecule has 0 radical (unpaired) electrons. The molecule has 21 heavy (non-hydrogen) atoms. The molecule has 0 aliphatic heterocycles. The minimum Gasteiger partial charge on any atom is -0.468 e. The second-order valence-electron chi connectivity index (χ2n) is 5.33. The van der Waals surface area contributed by atoms with E-state index in [9.17, 15) is 8.42 Å². The molecule has 6 heteroatoms. The molecule has 1 fully saturated rings. The van der Waals surface area contributed by atoms with Gasteiger partial charge in [0.25, 0.3) is 0 Å². The number of nitrogen functional groups attached to an aromatic ring is 1. The molecule has 0 spiro atoms. The van der Waals surface area contributed by atoms with Crippen molar-refractivity contribution in [3.63, 3.8) is 0 Å². The van der Waals surface area contributed by atoms with Gasteiger partial charge in [-0.25, -0.2) is 8.42 Å². The van der Waals surface area contributed by atoms with Gasteiger partial charge in [-0.05, 0) is 49.6 Å². The average Bonchev–Trinajstić information content (AvgIpc) is 3.15. The van der Waals surface area contributed by atoms with E-state index in [1.165, 1.54) is 4.31 Å². The molecule has 0 amide bonds. The molecule has 0 saturated heterocycles. The number of hydrogen-bond donors (Lipinski definition) is 1. The maximum atomic E-state index is 12.9. The number of rotatable bonds is 5. The Bertz CT molecular complexity index is 734. The van der Waals surface area contributed by atoms with Crippen LogP contribution in [0.4, 0.5) is 5.69 Å². The SMILES string of the molecule is Cc1c(N)cccc1S(=O)(=O)N(Cc1ccco1)C1CC1. The Morgan fingerprint density at radius 3 is 2.67 bits per heavy atom. The zero-order valence-corrected chi connectivity index (χ0v) is 12.6. The van der Waals surface area contributed by atoms with Crippen molar-refractivity contribution in [1.29, 1.82) is 0 Å². The van der Waals surface area contributed by atoms with Crippen molar-refractivity contribution >= 4 is 15.7 Å². The molecular weight excluding hydrogens is 288 g/mol. The second-order valence-corrected chi connectivity index (χ2v) is 7.19. The molecule has 1 aromatic carbocycles. The van der Waals surface area contributed by atoms with Crippen LogP contribution >= 0.6 is 0 Å². The van der Waals surface area contributed by atoms with Gasteiger partial charge in [-0.1, -0.05) is 6.07 Å². The van der Waals surface area contributed by atoms with E-state index >= 15 is 0 Å².